The van der Waals surface area contributed by atoms with E-state index in [2.05, 4.69) is 73.4 Å². The number of aliphatic hydroxyl groups is 3. The van der Waals surface area contributed by atoms with Crippen molar-refractivity contribution in [3.8, 4) is 17.2 Å². The number of likely N-dealkylation sites (tertiary alicyclic amines) is 1. The summed E-state index contributed by atoms with van der Waals surface area (Å²) < 4.78 is 23.0. The lowest BCUT2D eigenvalue weighted by atomic mass is 9.72. The zero-order valence-corrected chi connectivity index (χ0v) is 75.0. The van der Waals surface area contributed by atoms with Gasteiger partial charge in [-0.1, -0.05) is 56.3 Å². The van der Waals surface area contributed by atoms with E-state index < -0.39 is 230 Å². The van der Waals surface area contributed by atoms with Crippen LogP contribution < -0.4 is 80.4 Å². The molecular formula is C91H117N19O25. The molecule has 2 aromatic heterocycles. The lowest BCUT2D eigenvalue weighted by Crippen LogP contribution is -2.61. The predicted molar refractivity (Wildman–Crippen MR) is 478 cm³/mol. The van der Waals surface area contributed by atoms with E-state index in [4.69, 9.17) is 41.6 Å². The van der Waals surface area contributed by atoms with Crippen molar-refractivity contribution in [3.63, 3.8) is 0 Å². The van der Waals surface area contributed by atoms with Crippen molar-refractivity contribution in [3.05, 3.63) is 142 Å². The van der Waals surface area contributed by atoms with Crippen molar-refractivity contribution in [2.45, 2.75) is 233 Å². The molecule has 11 rings (SSSR count). The zero-order chi connectivity index (χ0) is 97.6. The molecule has 12 amide bonds. The van der Waals surface area contributed by atoms with E-state index in [1.807, 2.05) is 0 Å². The number of carbonyl (C=O) groups excluding carboxylic acids is 16. The number of hydrogen-bond donors (Lipinski definition) is 22. The number of imidazole rings is 1. The molecule has 5 heterocycles. The monoisotopic (exact) mass is 1880 g/mol. The Morgan fingerprint density at radius 2 is 1.36 bits per heavy atom. The number of ether oxygens (including phenoxy) is 4. The number of fused-ring (bicyclic) bond motifs is 4. The third-order valence-corrected chi connectivity index (χ3v) is 24.2. The lowest BCUT2D eigenvalue weighted by molar-refractivity contribution is -0.247. The molecule has 3 fully saturated rings. The second kappa shape index (κ2) is 46.7. The number of unbranched alkanes of at least 4 members (excludes halogenated alkanes) is 1. The van der Waals surface area contributed by atoms with Crippen LogP contribution in [0, 0.1) is 11.3 Å². The Morgan fingerprint density at radius 1 is 0.704 bits per heavy atom. The van der Waals surface area contributed by atoms with Crippen LogP contribution in [0.4, 0.5) is 0 Å². The molecule has 0 spiro atoms. The highest BCUT2D eigenvalue weighted by molar-refractivity contribution is 6.30. The standard InChI is InChI=1S/C91H117N19O25/c1-45(2)33-59(83(124)104-58(17-11-29-99-90(94)95)89(130)110-32-12-18-64(110)88(129)101-42-68(93)114)105-81(122)56(16-7-8-28-98-70(115)20-10-21-72(117)133-44-67(113)91(131)39-48-35-53-76(80(121)75-52(78(53)119)14-9-19-65(75)132-4)79(120)74(48)66(40-91)135-73-37-54(92)77(118)46(3)134-73)103-84(125)60(34-47-22-24-50(112)25-23-47)106-87(128)63(43-111)109-85(126)61(36-49-41-100-55-15-6-5-13-51(49)55)107-86(127)62(38-69-96-30-31-97-69)108-82(123)57-26-27-71(116)102-57/h5-6,9,13-15,19,22-25,30-31,35,41,45-46,54,56-64,66,73,77,100,111-112,118,120,131H,7-8,10-12,16-18,20-21,26-29,32-34,36-40,42-44,92H2,1-4H3,(H2,93,114)(H,96,97)(H,98,115)(H,101,129)(H,102,116)(H,103,125)(H,104,124)(H,105,122)(H,106,128)(H,107,127)(H,108,123)(H,109,126)(H4,94,95,99)/t46-,54-,56+,57-,58-,59-,60-,61-,62-,63-,64-,66-,73-,77+,91-/m0/s1. The van der Waals surface area contributed by atoms with E-state index in [1.165, 1.54) is 72.9 Å². The number of phenolic OH excluding ortho intramolecular Hbond substituents is 2. The van der Waals surface area contributed by atoms with Gasteiger partial charge in [-0.05, 0) is 124 Å². The Morgan fingerprint density at radius 3 is 2.04 bits per heavy atom. The van der Waals surface area contributed by atoms with Gasteiger partial charge in [-0.3, -0.25) is 82.1 Å². The quantitative estimate of drug-likeness (QED) is 0.00812. The minimum atomic E-state index is -2.41. The van der Waals surface area contributed by atoms with Gasteiger partial charge in [0.25, 0.3) is 0 Å². The topological polar surface area (TPSA) is 693 Å². The Balaban J connectivity index is 0.783. The molecule has 25 N–H and O–H groups in total. The third kappa shape index (κ3) is 26.6. The van der Waals surface area contributed by atoms with Crippen LogP contribution in [-0.2, 0) is 107 Å². The third-order valence-electron chi connectivity index (χ3n) is 24.2. The second-order valence-electron chi connectivity index (χ2n) is 34.7. The summed E-state index contributed by atoms with van der Waals surface area (Å²) in [5.74, 6) is -14.6. The second-order valence-corrected chi connectivity index (χ2v) is 34.7. The molecule has 135 heavy (non-hydrogen) atoms. The highest BCUT2D eigenvalue weighted by Crippen LogP contribution is 2.49. The number of nitrogens with two attached hydrogens (primary N) is 3. The Bertz CT molecular complexity index is 5390. The van der Waals surface area contributed by atoms with Crippen LogP contribution in [-0.4, -0.2) is 277 Å². The lowest BCUT2D eigenvalue weighted by Gasteiger charge is -2.42. The van der Waals surface area contributed by atoms with E-state index in [0.717, 1.165) is 0 Å². The van der Waals surface area contributed by atoms with Crippen LogP contribution in [0.25, 0.3) is 10.9 Å². The van der Waals surface area contributed by atoms with Gasteiger partial charge in [0.05, 0.1) is 49.7 Å². The van der Waals surface area contributed by atoms with E-state index in [9.17, 15) is 92.7 Å². The fourth-order valence-corrected chi connectivity index (χ4v) is 17.1. The van der Waals surface area contributed by atoms with Crippen LogP contribution in [0.3, 0.4) is 0 Å². The number of primary amides is 1. The van der Waals surface area contributed by atoms with E-state index in [-0.39, 0.29) is 178 Å². The van der Waals surface area contributed by atoms with E-state index in [1.54, 1.807) is 51.2 Å². The van der Waals surface area contributed by atoms with Crippen molar-refractivity contribution in [2.75, 3.05) is 46.5 Å². The van der Waals surface area contributed by atoms with Crippen LogP contribution in [0.1, 0.15) is 183 Å². The number of amides is 12. The number of aromatic hydroxyl groups is 2. The van der Waals surface area contributed by atoms with Gasteiger partial charge in [0.1, 0.15) is 83.1 Å². The molecule has 0 unspecified atom stereocenters. The molecule has 726 valence electrons. The molecule has 3 saturated heterocycles. The van der Waals surface area contributed by atoms with Crippen molar-refractivity contribution >= 4 is 111 Å². The molecule has 0 saturated carbocycles. The first-order valence-electron chi connectivity index (χ1n) is 44.8. The molecule has 2 aliphatic carbocycles. The number of aromatic nitrogens is 3. The summed E-state index contributed by atoms with van der Waals surface area (Å²) >= 11 is 0. The average Bonchev–Trinajstić information content (AvgIpc) is 1.18. The first-order chi connectivity index (χ1) is 64.4. The summed E-state index contributed by atoms with van der Waals surface area (Å²) in [6, 6.07) is 4.11. The number of carbonyl (C=O) groups is 16. The number of para-hydroxylation sites is 1. The SMILES string of the molecule is COc1cccc2c1C(=O)c1c(cc3c(c1O)[C@@H](O[C@H]1C[C@H](N)[C@H](O)[C@H](C)O1)C[C@](O)(C(=O)COC(=O)CCCC(=O)NCCCC[C@@H](NC(=O)[C@H](Cc1ccc(O)cc1)NC(=O)[C@H](CO)NC(=O)[C@H](Cc1c[nH]c4ccccc14)NC(=O)[C@H](Cc1ncc[nH]1)NC(=O)[C@@H]1CCC(=O)N1)C(=O)N[C@@H](CC(C)C)C(=O)N[C@@H](CCCNC(=N)N)C(=O)N1CCC[C@H]1C(=O)NCC(N)=O)C3)C2=O. The summed E-state index contributed by atoms with van der Waals surface area (Å²) in [4.78, 5) is 236. The van der Waals surface area contributed by atoms with Crippen LogP contribution in [0.5, 0.6) is 17.2 Å². The summed E-state index contributed by atoms with van der Waals surface area (Å²) in [7, 11) is 1.31. The minimum absolute atomic E-state index is 0.00943. The zero-order valence-electron chi connectivity index (χ0n) is 75.0. The number of aliphatic hydroxyl groups excluding tert-OH is 2. The van der Waals surface area contributed by atoms with Gasteiger partial charge in [0, 0.05) is 130 Å². The maximum atomic E-state index is 15.3. The maximum absolute atomic E-state index is 15.3. The maximum Gasteiger partial charge on any atom is 0.306 e. The number of phenols is 2. The largest absolute Gasteiger partial charge is 0.508 e. The van der Waals surface area contributed by atoms with Gasteiger partial charge in [0.15, 0.2) is 24.6 Å². The number of benzene rings is 4. The first-order valence-corrected chi connectivity index (χ1v) is 44.8. The average molecular weight is 1880 g/mol. The number of H-pyrrole nitrogens is 2. The highest BCUT2D eigenvalue weighted by Gasteiger charge is 2.50. The van der Waals surface area contributed by atoms with Gasteiger partial charge in [0.2, 0.25) is 82.5 Å². The number of nitrogens with zero attached hydrogens (tertiary/aromatic N) is 2. The van der Waals surface area contributed by atoms with Gasteiger partial charge in [-0.25, -0.2) is 4.98 Å². The normalized spacial score (nSPS) is 20.4. The minimum Gasteiger partial charge on any atom is -0.508 e. The number of ketones is 3. The fraction of sp³-hybridized carbons (Fsp3) is 0.495. The van der Waals surface area contributed by atoms with Crippen molar-refractivity contribution < 1.29 is 121 Å². The number of hydrogen-bond acceptors (Lipinski definition) is 28. The number of nitrogens with one attached hydrogen (secondary N) is 14. The summed E-state index contributed by atoms with van der Waals surface area (Å²) in [6.45, 7) is 2.42. The van der Waals surface area contributed by atoms with Crippen LogP contribution >= 0.6 is 0 Å². The molecular weight excluding hydrogens is 1760 g/mol. The number of rotatable bonds is 46. The summed E-state index contributed by atoms with van der Waals surface area (Å²) in [5.41, 5.74) is 15.4. The number of guanidine groups is 1. The number of aromatic amines is 2. The van der Waals surface area contributed by atoms with Gasteiger partial charge >= 0.3 is 5.97 Å². The van der Waals surface area contributed by atoms with Crippen LogP contribution in [0.15, 0.2) is 91.4 Å². The number of esters is 1. The smallest absolute Gasteiger partial charge is 0.306 e. The molecule has 44 nitrogen and oxygen atoms in total. The molecule has 6 aromatic rings. The van der Waals surface area contributed by atoms with Gasteiger partial charge < -0.3 is 135 Å². The van der Waals surface area contributed by atoms with E-state index >= 15 is 9.59 Å². The molecule has 0 bridgehead atoms. The molecule has 44 heteroatoms. The molecule has 5 aliphatic rings. The molecule has 15 atom stereocenters. The predicted octanol–water partition coefficient (Wildman–Crippen LogP) is -2.49. The highest BCUT2D eigenvalue weighted by atomic mass is 16.7. The van der Waals surface area contributed by atoms with Gasteiger partial charge in [-0.15, -0.1) is 0 Å². The number of methoxy groups -OCH3 is 1. The first kappa shape index (κ1) is 102. The molecule has 3 aliphatic heterocycles. The Kier molecular flexibility index (Phi) is 35.2. The summed E-state index contributed by atoms with van der Waals surface area (Å²) in [6.07, 6.45) is -2.52. The number of Topliss-reactive ketones (excluding diaryl/α,β-unsaturated/α-hetero) is 1. The van der Waals surface area contributed by atoms with E-state index in [0.29, 0.717) is 28.5 Å². The molecule has 0 radical (unpaired) electrons. The van der Waals surface area contributed by atoms with Crippen LogP contribution in [0.2, 0.25) is 0 Å². The Hall–Kier alpha value is -13.8. The van der Waals surface area contributed by atoms with Crippen molar-refractivity contribution in [1.29, 1.82) is 5.41 Å². The van der Waals surface area contributed by atoms with Crippen molar-refractivity contribution in [1.82, 2.24) is 78.3 Å². The molecule has 4 aromatic carbocycles. The summed E-state index contributed by atoms with van der Waals surface area (Å²) in [5, 5.41) is 93.6. The van der Waals surface area contributed by atoms with Gasteiger partial charge in [-0.2, -0.15) is 0 Å². The van der Waals surface area contributed by atoms with Crippen molar-refractivity contribution in [2.24, 2.45) is 23.1 Å². The fourth-order valence-electron chi connectivity index (χ4n) is 17.1. The Labute approximate surface area is 774 Å².